The number of rotatable bonds is 2. The number of Topliss-reactive ketones (excluding diaryl/α,β-unsaturated/α-hetero) is 3. The summed E-state index contributed by atoms with van der Waals surface area (Å²) in [4.78, 5) is 40.3. The van der Waals surface area contributed by atoms with Crippen molar-refractivity contribution in [1.29, 1.82) is 0 Å². The highest BCUT2D eigenvalue weighted by atomic mass is 19.1. The van der Waals surface area contributed by atoms with Crippen LogP contribution in [0.3, 0.4) is 0 Å². The Morgan fingerprint density at radius 3 is 2.30 bits per heavy atom. The zero-order valence-corrected chi connectivity index (χ0v) is 18.3. The van der Waals surface area contributed by atoms with E-state index in [2.05, 4.69) is 0 Å². The molecule has 0 radical (unpaired) electrons. The molecule has 33 heavy (non-hydrogen) atoms. The van der Waals surface area contributed by atoms with Gasteiger partial charge in [-0.25, -0.2) is 4.39 Å². The summed E-state index contributed by atoms with van der Waals surface area (Å²) < 4.78 is 14.7. The number of phenols is 1. The molecule has 1 aromatic rings. The van der Waals surface area contributed by atoms with Gasteiger partial charge in [0.1, 0.15) is 28.7 Å². The molecule has 0 heterocycles. The lowest BCUT2D eigenvalue weighted by atomic mass is 9.54. The molecule has 0 saturated heterocycles. The smallest absolute Gasteiger partial charge is 0.202 e. The molecule has 4 rings (SSSR count). The summed E-state index contributed by atoms with van der Waals surface area (Å²) in [6.07, 6.45) is -1.72. The number of fused-ring (bicyclic) bond motifs is 3. The first kappa shape index (κ1) is 23.1. The number of ketones is 3. The molecule has 5 N–H and O–H groups in total. The van der Waals surface area contributed by atoms with E-state index < -0.39 is 87.1 Å². The first-order chi connectivity index (χ1) is 15.3. The molecule has 10 heteroatoms. The van der Waals surface area contributed by atoms with E-state index in [9.17, 15) is 44.3 Å². The van der Waals surface area contributed by atoms with E-state index >= 15 is 0 Å². The molecule has 0 aliphatic heterocycles. The minimum Gasteiger partial charge on any atom is -0.508 e. The van der Waals surface area contributed by atoms with Gasteiger partial charge in [-0.3, -0.25) is 19.3 Å². The summed E-state index contributed by atoms with van der Waals surface area (Å²) >= 11 is 0. The Hall–Kier alpha value is -3.08. The van der Waals surface area contributed by atoms with E-state index in [4.69, 9.17) is 0 Å². The minimum atomic E-state index is -2.91. The largest absolute Gasteiger partial charge is 0.508 e. The second-order valence-corrected chi connectivity index (χ2v) is 9.10. The number of aromatic hydroxyl groups is 1. The van der Waals surface area contributed by atoms with Crippen LogP contribution in [0.5, 0.6) is 5.75 Å². The second-order valence-electron chi connectivity index (χ2n) is 9.10. The Morgan fingerprint density at radius 1 is 1.15 bits per heavy atom. The maximum atomic E-state index is 14.7. The van der Waals surface area contributed by atoms with E-state index in [1.54, 1.807) is 0 Å². The van der Waals surface area contributed by atoms with Gasteiger partial charge in [-0.05, 0) is 39.1 Å². The van der Waals surface area contributed by atoms with E-state index in [0.29, 0.717) is 0 Å². The van der Waals surface area contributed by atoms with Crippen molar-refractivity contribution >= 4 is 23.1 Å². The predicted molar refractivity (Wildman–Crippen MR) is 112 cm³/mol. The zero-order valence-electron chi connectivity index (χ0n) is 18.3. The van der Waals surface area contributed by atoms with Crippen molar-refractivity contribution in [3.05, 3.63) is 46.0 Å². The molecule has 0 spiro atoms. The summed E-state index contributed by atoms with van der Waals surface area (Å²) in [5.41, 5.74) is -4.70. The lowest BCUT2D eigenvalue weighted by Gasteiger charge is -2.53. The van der Waals surface area contributed by atoms with Crippen molar-refractivity contribution in [3.8, 4) is 5.75 Å². The summed E-state index contributed by atoms with van der Waals surface area (Å²) in [6, 6.07) is 0.595. The fourth-order valence-corrected chi connectivity index (χ4v) is 5.75. The zero-order chi connectivity index (χ0) is 24.7. The average molecular weight is 461 g/mol. The van der Waals surface area contributed by atoms with Crippen LogP contribution in [-0.4, -0.2) is 79.6 Å². The van der Waals surface area contributed by atoms with E-state index in [0.717, 1.165) is 19.1 Å². The second kappa shape index (κ2) is 7.21. The number of aliphatic hydroxyl groups is 4. The lowest BCUT2D eigenvalue weighted by molar-refractivity contribution is -0.169. The molecular weight excluding hydrogens is 437 g/mol. The Kier molecular flexibility index (Phi) is 5.04. The molecule has 0 amide bonds. The Bertz CT molecular complexity index is 1190. The number of hydrogen-bond donors (Lipinski definition) is 5. The number of phenolic OH excluding ortho intramolecular Hbond substituents is 1. The molecule has 1 saturated carbocycles. The van der Waals surface area contributed by atoms with Crippen LogP contribution >= 0.6 is 0 Å². The van der Waals surface area contributed by atoms with Crippen LogP contribution in [-0.2, 0) is 14.4 Å². The molecule has 6 atom stereocenters. The highest BCUT2D eigenvalue weighted by molar-refractivity contribution is 6.25. The van der Waals surface area contributed by atoms with Crippen molar-refractivity contribution in [2.75, 3.05) is 14.1 Å². The molecule has 3 aliphatic rings. The normalized spacial score (nSPS) is 33.8. The standard InChI is InChI=1S/C23H24FNO8/c1-7-11-9(24)5-6-10(27)14(11)18(28)15-12(7)19(29)16-17(25(3)4)20(30)13(8(2)26)21(31)23(16,33)22(15)32/h5-7,12,16-17,19,27-29,31,33H,1-4H3/t7-,12+,16+,17-,19-,23+/m0/s1. The third kappa shape index (κ3) is 2.71. The predicted octanol–water partition coefficient (Wildman–Crippen LogP) is 0.739. The Morgan fingerprint density at radius 2 is 1.76 bits per heavy atom. The monoisotopic (exact) mass is 461 g/mol. The highest BCUT2D eigenvalue weighted by Crippen LogP contribution is 2.56. The summed E-state index contributed by atoms with van der Waals surface area (Å²) in [5, 5.41) is 54.9. The molecule has 176 valence electrons. The van der Waals surface area contributed by atoms with Crippen molar-refractivity contribution in [2.45, 2.75) is 37.5 Å². The van der Waals surface area contributed by atoms with Crippen LogP contribution in [0.1, 0.15) is 30.9 Å². The van der Waals surface area contributed by atoms with Gasteiger partial charge in [0.05, 0.1) is 23.6 Å². The number of nitrogens with zero attached hydrogens (tertiary/aromatic N) is 1. The van der Waals surface area contributed by atoms with Crippen LogP contribution in [0.25, 0.3) is 5.76 Å². The van der Waals surface area contributed by atoms with Gasteiger partial charge in [-0.2, -0.15) is 0 Å². The van der Waals surface area contributed by atoms with Gasteiger partial charge in [-0.1, -0.05) is 6.92 Å². The summed E-state index contributed by atoms with van der Waals surface area (Å²) in [6.45, 7) is 2.47. The van der Waals surface area contributed by atoms with Crippen LogP contribution in [0.4, 0.5) is 4.39 Å². The van der Waals surface area contributed by atoms with Gasteiger partial charge in [-0.15, -0.1) is 0 Å². The first-order valence-corrected chi connectivity index (χ1v) is 10.3. The third-order valence-electron chi connectivity index (χ3n) is 7.16. The van der Waals surface area contributed by atoms with E-state index in [-0.39, 0.29) is 11.1 Å². The van der Waals surface area contributed by atoms with Gasteiger partial charge in [0.2, 0.25) is 5.78 Å². The van der Waals surface area contributed by atoms with Crippen LogP contribution in [0.15, 0.2) is 29.0 Å². The number of benzene rings is 1. The molecule has 3 aliphatic carbocycles. The molecule has 1 fully saturated rings. The minimum absolute atomic E-state index is 0.133. The van der Waals surface area contributed by atoms with E-state index in [1.807, 2.05) is 0 Å². The SMILES string of the molecule is CC(=O)C1=C(O)[C@@]2(O)C(=O)C3=C(O)c4c(O)ccc(F)c4[C@H](C)[C@H]3[C@H](O)[C@H]2[C@H](N(C)C)C1=O. The van der Waals surface area contributed by atoms with Gasteiger partial charge in [0, 0.05) is 17.1 Å². The fourth-order valence-electron chi connectivity index (χ4n) is 5.75. The highest BCUT2D eigenvalue weighted by Gasteiger charge is 2.68. The summed E-state index contributed by atoms with van der Waals surface area (Å²) in [7, 11) is 2.89. The fraction of sp³-hybridized carbons (Fsp3) is 0.435. The maximum Gasteiger partial charge on any atom is 0.202 e. The summed E-state index contributed by atoms with van der Waals surface area (Å²) in [5.74, 6) is -10.2. The molecule has 0 aromatic heterocycles. The molecule has 0 unspecified atom stereocenters. The third-order valence-corrected chi connectivity index (χ3v) is 7.16. The number of aliphatic hydroxyl groups excluding tert-OH is 3. The maximum absolute atomic E-state index is 14.7. The van der Waals surface area contributed by atoms with Gasteiger partial charge < -0.3 is 25.5 Å². The van der Waals surface area contributed by atoms with Crippen molar-refractivity contribution in [3.63, 3.8) is 0 Å². The van der Waals surface area contributed by atoms with Crippen molar-refractivity contribution < 1.29 is 44.3 Å². The molecule has 1 aromatic carbocycles. The number of likely N-dealkylation sites (N-methyl/N-ethyl adjacent to an activating group) is 1. The Balaban J connectivity index is 2.08. The van der Waals surface area contributed by atoms with Gasteiger partial charge in [0.15, 0.2) is 17.2 Å². The quantitative estimate of drug-likeness (QED) is 0.401. The first-order valence-electron chi connectivity index (χ1n) is 10.3. The van der Waals surface area contributed by atoms with Crippen molar-refractivity contribution in [2.24, 2.45) is 11.8 Å². The molecular formula is C23H24FNO8. The van der Waals surface area contributed by atoms with Gasteiger partial charge in [0.25, 0.3) is 0 Å². The van der Waals surface area contributed by atoms with Crippen LogP contribution < -0.4 is 0 Å². The molecule has 0 bridgehead atoms. The Labute approximate surface area is 188 Å². The average Bonchev–Trinajstić information content (AvgIpc) is 2.72. The number of carbonyl (C=O) groups excluding carboxylic acids is 3. The van der Waals surface area contributed by atoms with Gasteiger partial charge >= 0.3 is 0 Å². The van der Waals surface area contributed by atoms with E-state index in [1.165, 1.54) is 25.9 Å². The number of carbonyl (C=O) groups is 3. The topological polar surface area (TPSA) is 156 Å². The van der Waals surface area contributed by atoms with Crippen molar-refractivity contribution in [1.82, 2.24) is 4.90 Å². The lowest BCUT2D eigenvalue weighted by Crippen LogP contribution is -2.70. The van der Waals surface area contributed by atoms with Crippen LogP contribution in [0, 0.1) is 17.7 Å². The van der Waals surface area contributed by atoms with Crippen LogP contribution in [0.2, 0.25) is 0 Å². The molecule has 9 nitrogen and oxygen atoms in total. The number of halogens is 1. The number of hydrogen-bond acceptors (Lipinski definition) is 9.